The molecule has 0 spiro atoms. The van der Waals surface area contributed by atoms with Crippen LogP contribution in [0, 0.1) is 5.92 Å². The van der Waals surface area contributed by atoms with Crippen molar-refractivity contribution in [1.29, 1.82) is 0 Å². The molecule has 136 valence electrons. The molecule has 0 amide bonds. The zero-order chi connectivity index (χ0) is 16.8. The molecule has 3 N–H and O–H groups in total. The van der Waals surface area contributed by atoms with Crippen molar-refractivity contribution < 1.29 is 10.2 Å². The van der Waals surface area contributed by atoms with Crippen LogP contribution in [-0.2, 0) is 0 Å². The molecule has 1 aromatic carbocycles. The second-order valence-electron chi connectivity index (χ2n) is 6.88. The van der Waals surface area contributed by atoms with Gasteiger partial charge in [0, 0.05) is 6.54 Å². The second-order valence-corrected chi connectivity index (χ2v) is 6.88. The first-order valence-corrected chi connectivity index (χ1v) is 9.00. The molecule has 0 aromatic heterocycles. The van der Waals surface area contributed by atoms with E-state index in [-0.39, 0.29) is 23.9 Å². The van der Waals surface area contributed by atoms with E-state index in [1.807, 2.05) is 12.1 Å². The SMILES string of the molecule is CCCCCC(C)C(C)c1cc(O)c(C2=CCNCC2)c(O)c1.Cl. The molecule has 0 fully saturated rings. The van der Waals surface area contributed by atoms with Gasteiger partial charge in [-0.1, -0.05) is 52.5 Å². The minimum atomic E-state index is 0. The molecular formula is C20H32ClNO2. The van der Waals surface area contributed by atoms with Gasteiger partial charge in [0.25, 0.3) is 0 Å². The molecule has 3 nitrogen and oxygen atoms in total. The summed E-state index contributed by atoms with van der Waals surface area (Å²) in [5.74, 6) is 1.30. The molecule has 1 aromatic rings. The molecule has 0 bridgehead atoms. The smallest absolute Gasteiger partial charge is 0.127 e. The summed E-state index contributed by atoms with van der Waals surface area (Å²) in [5, 5.41) is 24.1. The third-order valence-electron chi connectivity index (χ3n) is 5.15. The second kappa shape index (κ2) is 9.95. The maximum atomic E-state index is 10.4. The first kappa shape index (κ1) is 20.9. The number of aromatic hydroxyl groups is 2. The van der Waals surface area contributed by atoms with Gasteiger partial charge in [0.05, 0.1) is 5.56 Å². The Kier molecular flexibility index (Phi) is 8.65. The van der Waals surface area contributed by atoms with Gasteiger partial charge in [-0.3, -0.25) is 0 Å². The molecule has 24 heavy (non-hydrogen) atoms. The van der Waals surface area contributed by atoms with Crippen LogP contribution in [0.4, 0.5) is 0 Å². The maximum Gasteiger partial charge on any atom is 0.127 e. The van der Waals surface area contributed by atoms with Crippen molar-refractivity contribution >= 4 is 18.0 Å². The van der Waals surface area contributed by atoms with E-state index in [0.29, 0.717) is 17.4 Å². The van der Waals surface area contributed by atoms with Crippen LogP contribution in [0.5, 0.6) is 11.5 Å². The van der Waals surface area contributed by atoms with Crippen LogP contribution in [0.25, 0.3) is 5.57 Å². The first-order valence-electron chi connectivity index (χ1n) is 9.00. The number of nitrogens with one attached hydrogen (secondary N) is 1. The van der Waals surface area contributed by atoms with Crippen molar-refractivity contribution in [3.8, 4) is 11.5 Å². The number of phenolic OH excluding ortho intramolecular Hbond substituents is 2. The lowest BCUT2D eigenvalue weighted by Gasteiger charge is -2.23. The Bertz CT molecular complexity index is 534. The van der Waals surface area contributed by atoms with E-state index in [1.165, 1.54) is 25.7 Å². The van der Waals surface area contributed by atoms with Gasteiger partial charge < -0.3 is 15.5 Å². The minimum Gasteiger partial charge on any atom is -0.507 e. The standard InChI is InChI=1S/C20H31NO2.ClH/c1-4-5-6-7-14(2)15(3)17-12-18(22)20(19(23)13-17)16-8-10-21-11-9-16;/h8,12-15,21-23H,4-7,9-11H2,1-3H3;1H. The lowest BCUT2D eigenvalue weighted by molar-refractivity contribution is 0.419. The van der Waals surface area contributed by atoms with Gasteiger partial charge >= 0.3 is 0 Å². The molecule has 0 saturated heterocycles. The van der Waals surface area contributed by atoms with Gasteiger partial charge in [-0.15, -0.1) is 12.4 Å². The van der Waals surface area contributed by atoms with E-state index < -0.39 is 0 Å². The summed E-state index contributed by atoms with van der Waals surface area (Å²) in [5.41, 5.74) is 2.68. The van der Waals surface area contributed by atoms with Crippen LogP contribution in [-0.4, -0.2) is 23.3 Å². The topological polar surface area (TPSA) is 52.5 Å². The molecule has 2 rings (SSSR count). The van der Waals surface area contributed by atoms with E-state index in [2.05, 4.69) is 32.2 Å². The molecule has 1 heterocycles. The summed E-state index contributed by atoms with van der Waals surface area (Å²) in [4.78, 5) is 0. The molecule has 4 heteroatoms. The lowest BCUT2D eigenvalue weighted by atomic mass is 9.84. The largest absolute Gasteiger partial charge is 0.507 e. The van der Waals surface area contributed by atoms with Crippen LogP contribution >= 0.6 is 12.4 Å². The number of rotatable bonds is 7. The third-order valence-corrected chi connectivity index (χ3v) is 5.15. The summed E-state index contributed by atoms with van der Waals surface area (Å²) in [6, 6.07) is 3.69. The van der Waals surface area contributed by atoms with Crippen LogP contribution < -0.4 is 5.32 Å². The molecule has 2 unspecified atom stereocenters. The monoisotopic (exact) mass is 353 g/mol. The van der Waals surface area contributed by atoms with Crippen molar-refractivity contribution in [2.45, 2.75) is 58.8 Å². The van der Waals surface area contributed by atoms with Crippen LogP contribution in [0.15, 0.2) is 18.2 Å². The Morgan fingerprint density at radius 2 is 1.79 bits per heavy atom. The van der Waals surface area contributed by atoms with Gasteiger partial charge in [0.1, 0.15) is 11.5 Å². The Balaban J connectivity index is 0.00000288. The number of unbranched alkanes of at least 4 members (excludes halogenated alkanes) is 2. The molecule has 0 saturated carbocycles. The van der Waals surface area contributed by atoms with Crippen molar-refractivity contribution in [3.63, 3.8) is 0 Å². The highest BCUT2D eigenvalue weighted by atomic mass is 35.5. The van der Waals surface area contributed by atoms with Crippen molar-refractivity contribution in [3.05, 3.63) is 29.3 Å². The van der Waals surface area contributed by atoms with Gasteiger partial charge in [0.15, 0.2) is 0 Å². The molecule has 2 atom stereocenters. The van der Waals surface area contributed by atoms with Gasteiger partial charge in [-0.25, -0.2) is 0 Å². The fourth-order valence-electron chi connectivity index (χ4n) is 3.37. The molecule has 0 radical (unpaired) electrons. The average molecular weight is 354 g/mol. The molecule has 0 aliphatic carbocycles. The fourth-order valence-corrected chi connectivity index (χ4v) is 3.37. The van der Waals surface area contributed by atoms with Crippen LogP contribution in [0.2, 0.25) is 0 Å². The molecule has 1 aliphatic heterocycles. The van der Waals surface area contributed by atoms with Crippen LogP contribution in [0.3, 0.4) is 0 Å². The van der Waals surface area contributed by atoms with Crippen molar-refractivity contribution in [1.82, 2.24) is 5.32 Å². The van der Waals surface area contributed by atoms with E-state index in [9.17, 15) is 10.2 Å². The molecular weight excluding hydrogens is 322 g/mol. The lowest BCUT2D eigenvalue weighted by Crippen LogP contribution is -2.20. The Hall–Kier alpha value is -1.19. The highest BCUT2D eigenvalue weighted by Gasteiger charge is 2.20. The van der Waals surface area contributed by atoms with E-state index >= 15 is 0 Å². The summed E-state index contributed by atoms with van der Waals surface area (Å²) in [7, 11) is 0. The average Bonchev–Trinajstić information content (AvgIpc) is 2.54. The number of hydrogen-bond acceptors (Lipinski definition) is 3. The highest BCUT2D eigenvalue weighted by Crippen LogP contribution is 2.40. The maximum absolute atomic E-state index is 10.4. The predicted molar refractivity (Wildman–Crippen MR) is 104 cm³/mol. The minimum absolute atomic E-state index is 0. The summed E-state index contributed by atoms with van der Waals surface area (Å²) < 4.78 is 0. The Labute approximate surface area is 152 Å². The molecule has 1 aliphatic rings. The number of benzene rings is 1. The zero-order valence-electron chi connectivity index (χ0n) is 15.1. The Morgan fingerprint density at radius 1 is 1.12 bits per heavy atom. The van der Waals surface area contributed by atoms with Crippen molar-refractivity contribution in [2.24, 2.45) is 5.92 Å². The van der Waals surface area contributed by atoms with Gasteiger partial charge in [-0.2, -0.15) is 0 Å². The fraction of sp³-hybridized carbons (Fsp3) is 0.600. The quantitative estimate of drug-likeness (QED) is 0.589. The van der Waals surface area contributed by atoms with Crippen LogP contribution in [0.1, 0.15) is 69.9 Å². The van der Waals surface area contributed by atoms with Gasteiger partial charge in [0.2, 0.25) is 0 Å². The van der Waals surface area contributed by atoms with Crippen molar-refractivity contribution in [2.75, 3.05) is 13.1 Å². The number of phenols is 2. The normalized spacial score (nSPS) is 16.9. The third kappa shape index (κ3) is 5.15. The summed E-state index contributed by atoms with van der Waals surface area (Å²) >= 11 is 0. The highest BCUT2D eigenvalue weighted by molar-refractivity contribution is 5.85. The zero-order valence-corrected chi connectivity index (χ0v) is 16.0. The predicted octanol–water partition coefficient (Wildman–Crippen LogP) is 5.22. The number of hydrogen-bond donors (Lipinski definition) is 3. The Morgan fingerprint density at radius 3 is 2.33 bits per heavy atom. The van der Waals surface area contributed by atoms with E-state index in [4.69, 9.17) is 0 Å². The summed E-state index contributed by atoms with van der Waals surface area (Å²) in [6.45, 7) is 8.35. The van der Waals surface area contributed by atoms with E-state index in [1.54, 1.807) is 0 Å². The number of halogens is 1. The van der Waals surface area contributed by atoms with E-state index in [0.717, 1.165) is 30.6 Å². The summed E-state index contributed by atoms with van der Waals surface area (Å²) in [6.07, 6.45) is 7.83. The first-order chi connectivity index (χ1) is 11.0. The van der Waals surface area contributed by atoms with Gasteiger partial charge in [-0.05, 0) is 48.1 Å².